The summed E-state index contributed by atoms with van der Waals surface area (Å²) in [5, 5.41) is 7.69. The highest BCUT2D eigenvalue weighted by Crippen LogP contribution is 2.01. The first-order chi connectivity index (χ1) is 6.63. The Morgan fingerprint density at radius 1 is 1.57 bits per heavy atom. The van der Waals surface area contributed by atoms with E-state index < -0.39 is 0 Å². The van der Waals surface area contributed by atoms with Gasteiger partial charge in [-0.15, -0.1) is 0 Å². The van der Waals surface area contributed by atoms with Gasteiger partial charge in [0.2, 0.25) is 0 Å². The molecule has 0 amide bonds. The Labute approximate surface area is 85.5 Å². The number of rotatable bonds is 5. The third kappa shape index (κ3) is 3.12. The standard InChI is InChI=1S/C10H20N4/c1-8(2)10(6-11)12-7-9-4-5-14(3)13-9/h4-5,8,10,12H,6-7,11H2,1-3H3. The molecule has 0 aliphatic heterocycles. The van der Waals surface area contributed by atoms with Crippen LogP contribution in [0.5, 0.6) is 0 Å². The second-order valence-corrected chi connectivity index (χ2v) is 3.95. The molecular formula is C10H20N4. The molecule has 0 saturated heterocycles. The molecule has 0 spiro atoms. The minimum Gasteiger partial charge on any atom is -0.329 e. The lowest BCUT2D eigenvalue weighted by atomic mass is 10.0. The molecule has 1 unspecified atom stereocenters. The molecule has 0 radical (unpaired) electrons. The monoisotopic (exact) mass is 196 g/mol. The highest BCUT2D eigenvalue weighted by atomic mass is 15.3. The molecule has 80 valence electrons. The first-order valence-electron chi connectivity index (χ1n) is 5.05. The molecule has 1 heterocycles. The van der Waals surface area contributed by atoms with E-state index in [2.05, 4.69) is 24.3 Å². The van der Waals surface area contributed by atoms with E-state index in [0.717, 1.165) is 12.2 Å². The number of hydrogen-bond donors (Lipinski definition) is 2. The van der Waals surface area contributed by atoms with Crippen molar-refractivity contribution >= 4 is 0 Å². The SMILES string of the molecule is CC(C)C(CN)NCc1ccn(C)n1. The van der Waals surface area contributed by atoms with Crippen molar-refractivity contribution in [1.29, 1.82) is 0 Å². The van der Waals surface area contributed by atoms with E-state index in [1.54, 1.807) is 0 Å². The Kier molecular flexibility index (Phi) is 4.10. The summed E-state index contributed by atoms with van der Waals surface area (Å²) in [6.45, 7) is 5.80. The number of aromatic nitrogens is 2. The zero-order valence-corrected chi connectivity index (χ0v) is 9.20. The van der Waals surface area contributed by atoms with Crippen LogP contribution in [0.25, 0.3) is 0 Å². The van der Waals surface area contributed by atoms with Crippen LogP contribution in [-0.4, -0.2) is 22.4 Å². The maximum Gasteiger partial charge on any atom is 0.0762 e. The second-order valence-electron chi connectivity index (χ2n) is 3.95. The first-order valence-corrected chi connectivity index (χ1v) is 5.05. The topological polar surface area (TPSA) is 55.9 Å². The van der Waals surface area contributed by atoms with Crippen LogP contribution in [0.2, 0.25) is 0 Å². The van der Waals surface area contributed by atoms with Gasteiger partial charge in [-0.1, -0.05) is 13.8 Å². The van der Waals surface area contributed by atoms with Gasteiger partial charge in [-0.2, -0.15) is 5.10 Å². The van der Waals surface area contributed by atoms with E-state index in [0.29, 0.717) is 18.5 Å². The van der Waals surface area contributed by atoms with Crippen LogP contribution in [0, 0.1) is 5.92 Å². The van der Waals surface area contributed by atoms with Crippen LogP contribution in [0.3, 0.4) is 0 Å². The number of nitrogens with one attached hydrogen (secondary N) is 1. The summed E-state index contributed by atoms with van der Waals surface area (Å²) in [6, 6.07) is 2.39. The molecule has 1 aromatic rings. The van der Waals surface area contributed by atoms with Crippen molar-refractivity contribution in [2.24, 2.45) is 18.7 Å². The maximum atomic E-state index is 5.65. The summed E-state index contributed by atoms with van der Waals surface area (Å²) in [5.41, 5.74) is 6.72. The lowest BCUT2D eigenvalue weighted by Crippen LogP contribution is -2.39. The van der Waals surface area contributed by atoms with Crippen LogP contribution >= 0.6 is 0 Å². The lowest BCUT2D eigenvalue weighted by molar-refractivity contribution is 0.402. The predicted octanol–water partition coefficient (Wildman–Crippen LogP) is 0.493. The van der Waals surface area contributed by atoms with Gasteiger partial charge in [-0.25, -0.2) is 0 Å². The Morgan fingerprint density at radius 3 is 2.71 bits per heavy atom. The summed E-state index contributed by atoms with van der Waals surface area (Å²) in [5.74, 6) is 0.559. The van der Waals surface area contributed by atoms with E-state index in [4.69, 9.17) is 5.73 Å². The average Bonchev–Trinajstić information content (AvgIpc) is 2.52. The summed E-state index contributed by atoms with van der Waals surface area (Å²) < 4.78 is 1.81. The van der Waals surface area contributed by atoms with Crippen molar-refractivity contribution in [2.45, 2.75) is 26.4 Å². The summed E-state index contributed by atoms with van der Waals surface area (Å²) in [7, 11) is 1.92. The van der Waals surface area contributed by atoms with Crippen molar-refractivity contribution in [2.75, 3.05) is 6.54 Å². The van der Waals surface area contributed by atoms with Gasteiger partial charge in [0.1, 0.15) is 0 Å². The molecular weight excluding hydrogens is 176 g/mol. The summed E-state index contributed by atoms with van der Waals surface area (Å²) in [4.78, 5) is 0. The van der Waals surface area contributed by atoms with E-state index in [9.17, 15) is 0 Å². The van der Waals surface area contributed by atoms with Crippen LogP contribution < -0.4 is 11.1 Å². The molecule has 1 aromatic heterocycles. The molecule has 4 heteroatoms. The Bertz CT molecular complexity index is 267. The highest BCUT2D eigenvalue weighted by molar-refractivity contribution is 4.98. The van der Waals surface area contributed by atoms with E-state index in [-0.39, 0.29) is 0 Å². The zero-order chi connectivity index (χ0) is 10.6. The average molecular weight is 196 g/mol. The van der Waals surface area contributed by atoms with Gasteiger partial charge in [0.05, 0.1) is 5.69 Å². The molecule has 3 N–H and O–H groups in total. The molecule has 14 heavy (non-hydrogen) atoms. The highest BCUT2D eigenvalue weighted by Gasteiger charge is 2.10. The minimum absolute atomic E-state index is 0.372. The van der Waals surface area contributed by atoms with Crippen LogP contribution in [0.4, 0.5) is 0 Å². The minimum atomic E-state index is 0.372. The second kappa shape index (κ2) is 5.12. The predicted molar refractivity (Wildman–Crippen MR) is 57.7 cm³/mol. The van der Waals surface area contributed by atoms with Crippen LogP contribution in [-0.2, 0) is 13.6 Å². The number of aryl methyl sites for hydroxylation is 1. The largest absolute Gasteiger partial charge is 0.329 e. The fourth-order valence-corrected chi connectivity index (χ4v) is 1.38. The van der Waals surface area contributed by atoms with Gasteiger partial charge in [-0.05, 0) is 12.0 Å². The number of nitrogens with two attached hydrogens (primary N) is 1. The Balaban J connectivity index is 2.39. The molecule has 0 aliphatic rings. The number of nitrogens with zero attached hydrogens (tertiary/aromatic N) is 2. The van der Waals surface area contributed by atoms with Gasteiger partial charge in [0.15, 0.2) is 0 Å². The van der Waals surface area contributed by atoms with Crippen molar-refractivity contribution < 1.29 is 0 Å². The zero-order valence-electron chi connectivity index (χ0n) is 9.20. The normalized spacial score (nSPS) is 13.5. The smallest absolute Gasteiger partial charge is 0.0762 e. The Morgan fingerprint density at radius 2 is 2.29 bits per heavy atom. The molecule has 1 atom stereocenters. The molecule has 0 aliphatic carbocycles. The van der Waals surface area contributed by atoms with Crippen molar-refractivity contribution in [1.82, 2.24) is 15.1 Å². The van der Waals surface area contributed by atoms with Crippen molar-refractivity contribution in [3.05, 3.63) is 18.0 Å². The maximum absolute atomic E-state index is 5.65. The quantitative estimate of drug-likeness (QED) is 0.720. The van der Waals surface area contributed by atoms with Crippen molar-refractivity contribution in [3.8, 4) is 0 Å². The molecule has 0 saturated carbocycles. The number of hydrogen-bond acceptors (Lipinski definition) is 3. The first kappa shape index (κ1) is 11.2. The fourth-order valence-electron chi connectivity index (χ4n) is 1.38. The summed E-state index contributed by atoms with van der Waals surface area (Å²) >= 11 is 0. The van der Waals surface area contributed by atoms with Gasteiger partial charge >= 0.3 is 0 Å². The van der Waals surface area contributed by atoms with Gasteiger partial charge < -0.3 is 11.1 Å². The molecule has 4 nitrogen and oxygen atoms in total. The van der Waals surface area contributed by atoms with Gasteiger partial charge in [-0.3, -0.25) is 4.68 Å². The Hall–Kier alpha value is -0.870. The van der Waals surface area contributed by atoms with Crippen molar-refractivity contribution in [3.63, 3.8) is 0 Å². The molecule has 0 fully saturated rings. The van der Waals surface area contributed by atoms with Gasteiger partial charge in [0.25, 0.3) is 0 Å². The van der Waals surface area contributed by atoms with Crippen LogP contribution in [0.15, 0.2) is 12.3 Å². The third-order valence-corrected chi connectivity index (χ3v) is 2.37. The third-order valence-electron chi connectivity index (χ3n) is 2.37. The van der Waals surface area contributed by atoms with E-state index in [1.165, 1.54) is 0 Å². The van der Waals surface area contributed by atoms with E-state index in [1.807, 2.05) is 24.0 Å². The molecule has 0 bridgehead atoms. The van der Waals surface area contributed by atoms with E-state index >= 15 is 0 Å². The van der Waals surface area contributed by atoms with Crippen LogP contribution in [0.1, 0.15) is 19.5 Å². The summed E-state index contributed by atoms with van der Waals surface area (Å²) in [6.07, 6.45) is 1.95. The fraction of sp³-hybridized carbons (Fsp3) is 0.700. The lowest BCUT2D eigenvalue weighted by Gasteiger charge is -2.19. The molecule has 0 aromatic carbocycles. The molecule has 1 rings (SSSR count). The van der Waals surface area contributed by atoms with Gasteiger partial charge in [0, 0.05) is 32.4 Å².